The molecule has 1 saturated carbocycles. The topological polar surface area (TPSA) is 165 Å². The Labute approximate surface area is 304 Å². The number of aliphatic hydroxyl groups excluding tert-OH is 1. The van der Waals surface area contributed by atoms with E-state index >= 15 is 0 Å². The number of thiazole rings is 1. The van der Waals surface area contributed by atoms with E-state index in [0.717, 1.165) is 35.5 Å². The third-order valence-electron chi connectivity index (χ3n) is 9.48. The summed E-state index contributed by atoms with van der Waals surface area (Å²) in [4.78, 5) is 35.7. The molecule has 2 aliphatic rings. The van der Waals surface area contributed by atoms with E-state index in [0.29, 0.717) is 31.8 Å². The van der Waals surface area contributed by atoms with Gasteiger partial charge in [0.15, 0.2) is 0 Å². The van der Waals surface area contributed by atoms with Crippen molar-refractivity contribution in [1.29, 1.82) is 0 Å². The van der Waals surface area contributed by atoms with Gasteiger partial charge in [-0.25, -0.2) is 18.2 Å². The largest absolute Gasteiger partial charge is 0.411 e. The number of sulfonamides is 1. The van der Waals surface area contributed by atoms with E-state index in [4.69, 9.17) is 9.94 Å². The maximum Gasteiger partial charge on any atom is 0.321 e. The van der Waals surface area contributed by atoms with Gasteiger partial charge >= 0.3 is 6.03 Å². The van der Waals surface area contributed by atoms with Crippen molar-refractivity contribution in [3.8, 4) is 0 Å². The van der Waals surface area contributed by atoms with Crippen LogP contribution in [0.25, 0.3) is 0 Å². The summed E-state index contributed by atoms with van der Waals surface area (Å²) in [5, 5.41) is 29.5. The Morgan fingerprint density at radius 3 is 2.51 bits per heavy atom. The third-order valence-corrected chi connectivity index (χ3v) is 12.2. The first-order chi connectivity index (χ1) is 24.5. The molecule has 0 radical (unpaired) electrons. The molecule has 1 aromatic heterocycles. The average Bonchev–Trinajstić information content (AvgIpc) is 3.68. The second-order valence-corrected chi connectivity index (χ2v) is 16.4. The lowest BCUT2D eigenvalue weighted by atomic mass is 9.85. The molecule has 3 aromatic rings. The van der Waals surface area contributed by atoms with Crippen molar-refractivity contribution in [2.24, 2.45) is 17.0 Å². The Balaban J connectivity index is 1.35. The Morgan fingerprint density at radius 1 is 1.16 bits per heavy atom. The molecule has 0 bridgehead atoms. The molecule has 0 unspecified atom stereocenters. The van der Waals surface area contributed by atoms with Gasteiger partial charge in [-0.1, -0.05) is 67.9 Å². The van der Waals surface area contributed by atoms with Crippen LogP contribution in [-0.2, 0) is 39.1 Å². The van der Waals surface area contributed by atoms with E-state index < -0.39 is 34.1 Å². The predicted molar refractivity (Wildman–Crippen MR) is 194 cm³/mol. The predicted octanol–water partition coefficient (Wildman–Crippen LogP) is 3.94. The molecule has 1 saturated heterocycles. The molecule has 276 valence electrons. The molecule has 13 nitrogen and oxygen atoms in total. The second kappa shape index (κ2) is 17.6. The van der Waals surface area contributed by atoms with Crippen LogP contribution in [0.15, 0.2) is 70.0 Å². The number of nitrogens with zero attached hydrogens (tertiary/aromatic N) is 5. The lowest BCUT2D eigenvalue weighted by Crippen LogP contribution is -2.57. The molecule has 15 heteroatoms. The van der Waals surface area contributed by atoms with Gasteiger partial charge in [-0.3, -0.25) is 4.79 Å². The Morgan fingerprint density at radius 2 is 1.88 bits per heavy atom. The molecule has 2 fully saturated rings. The zero-order valence-corrected chi connectivity index (χ0v) is 30.9. The molecule has 3 atom stereocenters. The van der Waals surface area contributed by atoms with E-state index in [1.54, 1.807) is 29.0 Å². The van der Waals surface area contributed by atoms with Crippen LogP contribution in [0, 0.1) is 11.8 Å². The summed E-state index contributed by atoms with van der Waals surface area (Å²) in [5.41, 5.74) is 2.15. The number of aliphatic hydroxyl groups is 1. The highest BCUT2D eigenvalue weighted by molar-refractivity contribution is 7.89. The van der Waals surface area contributed by atoms with Crippen molar-refractivity contribution in [3.63, 3.8) is 0 Å². The number of methoxy groups -OCH3 is 1. The van der Waals surface area contributed by atoms with Crippen molar-refractivity contribution in [1.82, 2.24) is 24.4 Å². The van der Waals surface area contributed by atoms with Crippen molar-refractivity contribution >= 4 is 39.5 Å². The normalized spacial score (nSPS) is 17.3. The van der Waals surface area contributed by atoms with E-state index in [1.807, 2.05) is 49.6 Å². The van der Waals surface area contributed by atoms with Crippen LogP contribution in [0.1, 0.15) is 54.9 Å². The number of ether oxygens (including phenoxy) is 1. The Hall–Kier alpha value is -3.89. The van der Waals surface area contributed by atoms with Gasteiger partial charge in [0.2, 0.25) is 15.9 Å². The number of carbonyl (C=O) groups is 2. The highest BCUT2D eigenvalue weighted by Gasteiger charge is 2.41. The molecule has 0 spiro atoms. The lowest BCUT2D eigenvalue weighted by molar-refractivity contribution is -0.128. The number of oxime groups is 1. The van der Waals surface area contributed by atoms with Gasteiger partial charge in [0.1, 0.15) is 11.0 Å². The van der Waals surface area contributed by atoms with Crippen molar-refractivity contribution in [2.45, 2.75) is 75.8 Å². The molecule has 1 aliphatic heterocycles. The first-order valence-electron chi connectivity index (χ1n) is 17.3. The van der Waals surface area contributed by atoms with Gasteiger partial charge < -0.3 is 30.2 Å². The minimum absolute atomic E-state index is 0.0531. The van der Waals surface area contributed by atoms with E-state index in [1.165, 1.54) is 34.0 Å². The van der Waals surface area contributed by atoms with Crippen molar-refractivity contribution < 1.29 is 33.1 Å². The molecule has 3 amide bonds. The summed E-state index contributed by atoms with van der Waals surface area (Å²) in [6, 6.07) is 13.5. The first kappa shape index (κ1) is 38.3. The standard InChI is InChI=1S/C36H48N6O7S2/c1-25(2)34(42-17-16-40(36(42)45)21-29-24-50-33(38-29)23-49-3)35(44)39-31(18-26-8-5-4-6-9-26)32(43)22-41(20-28-10-7-11-28)51(47,48)30-14-12-27(13-15-30)19-37-46/h4-6,8-9,12-15,19,24-25,28,31-32,34,43,46H,7,10-11,16-18,20-23H2,1-3H3,(H,39,44)/t31-,32-,34-/m0/s1. The molecule has 2 heterocycles. The second-order valence-electron chi connectivity index (χ2n) is 13.6. The number of rotatable bonds is 18. The molecule has 1 aliphatic carbocycles. The summed E-state index contributed by atoms with van der Waals surface area (Å²) in [6.45, 7) is 5.27. The highest BCUT2D eigenvalue weighted by atomic mass is 32.2. The molecule has 3 N–H and O–H groups in total. The summed E-state index contributed by atoms with van der Waals surface area (Å²) < 4.78 is 34.5. The first-order valence-corrected chi connectivity index (χ1v) is 19.6. The number of carbonyl (C=O) groups excluding carboxylic acids is 2. The lowest BCUT2D eigenvalue weighted by Gasteiger charge is -2.36. The number of aromatic nitrogens is 1. The maximum absolute atomic E-state index is 14.2. The summed E-state index contributed by atoms with van der Waals surface area (Å²) in [6.07, 6.45) is 3.00. The monoisotopic (exact) mass is 740 g/mol. The number of hydrogen-bond donors (Lipinski definition) is 3. The summed E-state index contributed by atoms with van der Waals surface area (Å²) in [7, 11) is -2.43. The number of benzene rings is 2. The van der Waals surface area contributed by atoms with Crippen LogP contribution >= 0.6 is 11.3 Å². The fourth-order valence-corrected chi connectivity index (χ4v) is 8.84. The third kappa shape index (κ3) is 9.71. The average molecular weight is 741 g/mol. The Kier molecular flexibility index (Phi) is 13.2. The molecular formula is C36H48N6O7S2. The smallest absolute Gasteiger partial charge is 0.321 e. The van der Waals surface area contributed by atoms with Crippen molar-refractivity contribution in [3.05, 3.63) is 81.8 Å². The minimum atomic E-state index is -4.03. The molecule has 2 aromatic carbocycles. The quantitative estimate of drug-likeness (QED) is 0.100. The summed E-state index contributed by atoms with van der Waals surface area (Å²) >= 11 is 1.47. The number of hydrogen-bond acceptors (Lipinski definition) is 10. The van der Waals surface area contributed by atoms with E-state index in [2.05, 4.69) is 15.5 Å². The summed E-state index contributed by atoms with van der Waals surface area (Å²) in [5.74, 6) is -0.490. The van der Waals surface area contributed by atoms with Crippen LogP contribution in [0.3, 0.4) is 0 Å². The number of amides is 3. The Bertz CT molecular complexity index is 1730. The van der Waals surface area contributed by atoms with Gasteiger partial charge in [0.05, 0.1) is 42.1 Å². The fourth-order valence-electron chi connectivity index (χ4n) is 6.55. The number of nitrogens with one attached hydrogen (secondary N) is 1. The van der Waals surface area contributed by atoms with E-state index in [9.17, 15) is 23.1 Å². The van der Waals surface area contributed by atoms with Crippen LogP contribution in [-0.4, -0.2) is 107 Å². The van der Waals surface area contributed by atoms with Gasteiger partial charge in [-0.2, -0.15) is 4.31 Å². The molecular weight excluding hydrogens is 693 g/mol. The minimum Gasteiger partial charge on any atom is -0.411 e. The molecule has 5 rings (SSSR count). The number of urea groups is 1. The van der Waals surface area contributed by atoms with Gasteiger partial charge in [-0.15, -0.1) is 11.3 Å². The molecule has 51 heavy (non-hydrogen) atoms. The van der Waals surface area contributed by atoms with Gasteiger partial charge in [0, 0.05) is 38.7 Å². The highest BCUT2D eigenvalue weighted by Crippen LogP contribution is 2.30. The zero-order chi connectivity index (χ0) is 36.5. The van der Waals surface area contributed by atoms with Gasteiger partial charge in [-0.05, 0) is 54.4 Å². The fraction of sp³-hybridized carbons (Fsp3) is 0.500. The van der Waals surface area contributed by atoms with Crippen LogP contribution in [0.2, 0.25) is 0 Å². The van der Waals surface area contributed by atoms with Gasteiger partial charge in [0.25, 0.3) is 0 Å². The van der Waals surface area contributed by atoms with Crippen molar-refractivity contribution in [2.75, 3.05) is 33.3 Å². The SMILES string of the molecule is COCc1nc(CN2CCN([C@H](C(=O)N[C@@H](Cc3ccccc3)[C@@H](O)CN(CC3CCC3)S(=O)(=O)c3ccc(C=NO)cc3)C(C)C)C2=O)cs1. The zero-order valence-electron chi connectivity index (χ0n) is 29.3. The van der Waals surface area contributed by atoms with Crippen LogP contribution in [0.5, 0.6) is 0 Å². The maximum atomic E-state index is 14.2. The van der Waals surface area contributed by atoms with E-state index in [-0.39, 0.29) is 42.3 Å². The van der Waals surface area contributed by atoms with Crippen LogP contribution < -0.4 is 5.32 Å². The van der Waals surface area contributed by atoms with Crippen LogP contribution in [0.4, 0.5) is 4.79 Å².